The summed E-state index contributed by atoms with van der Waals surface area (Å²) in [7, 11) is 1.55. The fraction of sp³-hybridized carbons (Fsp3) is 0.333. The minimum absolute atomic E-state index is 0.160. The molecule has 1 fully saturated rings. The largest absolute Gasteiger partial charge is 0.504 e. The molecule has 0 bridgehead atoms. The van der Waals surface area contributed by atoms with Crippen LogP contribution in [0.4, 0.5) is 0 Å². The molecule has 1 aliphatic rings. The second-order valence-corrected chi connectivity index (χ2v) is 5.39. The Morgan fingerprint density at radius 2 is 2.00 bits per heavy atom. The predicted molar refractivity (Wildman–Crippen MR) is 83.8 cm³/mol. The minimum Gasteiger partial charge on any atom is -0.504 e. The van der Waals surface area contributed by atoms with Crippen LogP contribution in [0.3, 0.4) is 0 Å². The smallest absolute Gasteiger partial charge is 0.161 e. The van der Waals surface area contributed by atoms with Crippen LogP contribution in [0.5, 0.6) is 17.2 Å². The van der Waals surface area contributed by atoms with Crippen LogP contribution in [0, 0.1) is 0 Å². The molecule has 0 aliphatic carbocycles. The molecule has 0 amide bonds. The van der Waals surface area contributed by atoms with Crippen molar-refractivity contribution in [1.82, 2.24) is 0 Å². The summed E-state index contributed by atoms with van der Waals surface area (Å²) in [5.74, 6) is 1.56. The van der Waals surface area contributed by atoms with Gasteiger partial charge in [-0.15, -0.1) is 0 Å². The van der Waals surface area contributed by atoms with E-state index >= 15 is 0 Å². The summed E-state index contributed by atoms with van der Waals surface area (Å²) in [5, 5.41) is 10.1. The van der Waals surface area contributed by atoms with Crippen molar-refractivity contribution in [1.29, 1.82) is 0 Å². The first kappa shape index (κ1) is 14.7. The average molecular weight is 300 g/mol. The van der Waals surface area contributed by atoms with E-state index in [2.05, 4.69) is 0 Å². The standard InChI is InChI=1S/C18H20O4/c1-20-17-4-2-3-14(18(17)19)11-13-5-7-15(8-6-13)22-16-9-10-21-12-16/h2-8,16,19H,9-12H2,1H3. The highest BCUT2D eigenvalue weighted by Crippen LogP contribution is 2.31. The van der Waals surface area contributed by atoms with Gasteiger partial charge in [0, 0.05) is 18.4 Å². The lowest BCUT2D eigenvalue weighted by atomic mass is 10.0. The summed E-state index contributed by atoms with van der Waals surface area (Å²) < 4.78 is 16.3. The van der Waals surface area contributed by atoms with Crippen molar-refractivity contribution in [2.24, 2.45) is 0 Å². The Labute approximate surface area is 130 Å². The number of phenolic OH excluding ortho intramolecular Hbond substituents is 1. The van der Waals surface area contributed by atoms with E-state index in [1.54, 1.807) is 13.2 Å². The molecule has 22 heavy (non-hydrogen) atoms. The van der Waals surface area contributed by atoms with Crippen LogP contribution in [0.1, 0.15) is 17.5 Å². The Balaban J connectivity index is 1.68. The fourth-order valence-corrected chi connectivity index (χ4v) is 2.58. The summed E-state index contributed by atoms with van der Waals surface area (Å²) in [5.41, 5.74) is 1.95. The summed E-state index contributed by atoms with van der Waals surface area (Å²) in [6.45, 7) is 1.44. The van der Waals surface area contributed by atoms with Crippen molar-refractivity contribution in [2.75, 3.05) is 20.3 Å². The van der Waals surface area contributed by atoms with Crippen molar-refractivity contribution in [3.63, 3.8) is 0 Å². The molecule has 1 aliphatic heterocycles. The molecule has 3 rings (SSSR count). The van der Waals surface area contributed by atoms with Crippen LogP contribution in [-0.2, 0) is 11.2 Å². The molecule has 0 aromatic heterocycles. The highest BCUT2D eigenvalue weighted by molar-refractivity contribution is 5.47. The maximum atomic E-state index is 10.1. The summed E-state index contributed by atoms with van der Waals surface area (Å²) in [6, 6.07) is 13.5. The number of aromatic hydroxyl groups is 1. The first-order valence-electron chi connectivity index (χ1n) is 7.44. The molecule has 4 heteroatoms. The summed E-state index contributed by atoms with van der Waals surface area (Å²) >= 11 is 0. The molecule has 1 unspecified atom stereocenters. The van der Waals surface area contributed by atoms with Gasteiger partial charge in [0.15, 0.2) is 11.5 Å². The molecular formula is C18H20O4. The summed E-state index contributed by atoms with van der Waals surface area (Å²) in [4.78, 5) is 0. The zero-order valence-electron chi connectivity index (χ0n) is 12.6. The molecule has 2 aromatic carbocycles. The van der Waals surface area contributed by atoms with Crippen LogP contribution in [-0.4, -0.2) is 31.5 Å². The third kappa shape index (κ3) is 3.34. The normalized spacial score (nSPS) is 17.4. The second kappa shape index (κ2) is 6.71. The van der Waals surface area contributed by atoms with Gasteiger partial charge < -0.3 is 19.3 Å². The quantitative estimate of drug-likeness (QED) is 0.921. The number of para-hydroxylation sites is 1. The number of benzene rings is 2. The Hall–Kier alpha value is -2.20. The average Bonchev–Trinajstić information content (AvgIpc) is 3.04. The van der Waals surface area contributed by atoms with E-state index in [-0.39, 0.29) is 11.9 Å². The monoisotopic (exact) mass is 300 g/mol. The van der Waals surface area contributed by atoms with Crippen LogP contribution < -0.4 is 9.47 Å². The predicted octanol–water partition coefficient (Wildman–Crippen LogP) is 3.16. The summed E-state index contributed by atoms with van der Waals surface area (Å²) in [6.07, 6.45) is 1.75. The number of hydrogen-bond acceptors (Lipinski definition) is 4. The molecule has 0 saturated carbocycles. The highest BCUT2D eigenvalue weighted by atomic mass is 16.5. The van der Waals surface area contributed by atoms with Gasteiger partial charge in [0.1, 0.15) is 11.9 Å². The molecule has 1 N–H and O–H groups in total. The van der Waals surface area contributed by atoms with E-state index in [4.69, 9.17) is 14.2 Å². The SMILES string of the molecule is COc1cccc(Cc2ccc(OC3CCOC3)cc2)c1O. The first-order chi connectivity index (χ1) is 10.8. The number of methoxy groups -OCH3 is 1. The van der Waals surface area contributed by atoms with Gasteiger partial charge in [-0.05, 0) is 23.8 Å². The van der Waals surface area contributed by atoms with Crippen LogP contribution in [0.15, 0.2) is 42.5 Å². The molecule has 1 atom stereocenters. The topological polar surface area (TPSA) is 47.9 Å². The van der Waals surface area contributed by atoms with Gasteiger partial charge in [-0.1, -0.05) is 24.3 Å². The lowest BCUT2D eigenvalue weighted by Crippen LogP contribution is -2.15. The van der Waals surface area contributed by atoms with E-state index in [9.17, 15) is 5.11 Å². The first-order valence-corrected chi connectivity index (χ1v) is 7.44. The van der Waals surface area contributed by atoms with E-state index in [0.29, 0.717) is 18.8 Å². The molecule has 4 nitrogen and oxygen atoms in total. The van der Waals surface area contributed by atoms with Crippen molar-refractivity contribution in [2.45, 2.75) is 18.9 Å². The lowest BCUT2D eigenvalue weighted by Gasteiger charge is -2.12. The lowest BCUT2D eigenvalue weighted by molar-refractivity contribution is 0.141. The molecule has 1 saturated heterocycles. The fourth-order valence-electron chi connectivity index (χ4n) is 2.58. The van der Waals surface area contributed by atoms with Crippen molar-refractivity contribution in [3.05, 3.63) is 53.6 Å². The van der Waals surface area contributed by atoms with Crippen molar-refractivity contribution in [3.8, 4) is 17.2 Å². The molecule has 0 radical (unpaired) electrons. The zero-order valence-corrected chi connectivity index (χ0v) is 12.6. The van der Waals surface area contributed by atoms with Crippen LogP contribution in [0.2, 0.25) is 0 Å². The van der Waals surface area contributed by atoms with Gasteiger partial charge in [-0.3, -0.25) is 0 Å². The third-order valence-corrected chi connectivity index (χ3v) is 3.81. The second-order valence-electron chi connectivity index (χ2n) is 5.39. The van der Waals surface area contributed by atoms with Crippen molar-refractivity contribution < 1.29 is 19.3 Å². The molecule has 1 heterocycles. The van der Waals surface area contributed by atoms with Gasteiger partial charge in [-0.2, -0.15) is 0 Å². The van der Waals surface area contributed by atoms with Gasteiger partial charge in [-0.25, -0.2) is 0 Å². The van der Waals surface area contributed by atoms with E-state index in [1.165, 1.54) is 0 Å². The number of rotatable bonds is 5. The number of phenols is 1. The van der Waals surface area contributed by atoms with Crippen LogP contribution >= 0.6 is 0 Å². The minimum atomic E-state index is 0.160. The van der Waals surface area contributed by atoms with Gasteiger partial charge in [0.2, 0.25) is 0 Å². The molecule has 116 valence electrons. The van der Waals surface area contributed by atoms with E-state index in [0.717, 1.165) is 29.9 Å². The number of ether oxygens (including phenoxy) is 3. The molecule has 0 spiro atoms. The van der Waals surface area contributed by atoms with Gasteiger partial charge >= 0.3 is 0 Å². The third-order valence-electron chi connectivity index (χ3n) is 3.81. The maximum absolute atomic E-state index is 10.1. The Morgan fingerprint density at radius 1 is 1.18 bits per heavy atom. The molecular weight excluding hydrogens is 280 g/mol. The van der Waals surface area contributed by atoms with E-state index < -0.39 is 0 Å². The maximum Gasteiger partial charge on any atom is 0.161 e. The number of hydrogen-bond donors (Lipinski definition) is 1. The molecule has 2 aromatic rings. The van der Waals surface area contributed by atoms with Gasteiger partial charge in [0.05, 0.1) is 20.3 Å². The van der Waals surface area contributed by atoms with Gasteiger partial charge in [0.25, 0.3) is 0 Å². The highest BCUT2D eigenvalue weighted by Gasteiger charge is 2.17. The Kier molecular flexibility index (Phi) is 4.49. The Morgan fingerprint density at radius 3 is 2.68 bits per heavy atom. The van der Waals surface area contributed by atoms with Crippen molar-refractivity contribution >= 4 is 0 Å². The van der Waals surface area contributed by atoms with Crippen LogP contribution in [0.25, 0.3) is 0 Å². The van der Waals surface area contributed by atoms with E-state index in [1.807, 2.05) is 36.4 Å². The Bertz CT molecular complexity index is 615. The zero-order chi connectivity index (χ0) is 15.4.